The summed E-state index contributed by atoms with van der Waals surface area (Å²) in [5.41, 5.74) is 0.694. The van der Waals surface area contributed by atoms with Gasteiger partial charge in [-0.15, -0.1) is 0 Å². The highest BCUT2D eigenvalue weighted by Crippen LogP contribution is 2.25. The van der Waals surface area contributed by atoms with E-state index in [0.29, 0.717) is 29.6 Å². The van der Waals surface area contributed by atoms with Crippen molar-refractivity contribution in [3.05, 3.63) is 29.8 Å². The smallest absolute Gasteiger partial charge is 0.220 e. The largest absolute Gasteiger partial charge is 0.496 e. The van der Waals surface area contributed by atoms with Crippen LogP contribution in [-0.4, -0.2) is 37.8 Å². The van der Waals surface area contributed by atoms with Gasteiger partial charge in [0, 0.05) is 18.5 Å². The highest BCUT2D eigenvalue weighted by molar-refractivity contribution is 5.76. The Morgan fingerprint density at radius 2 is 2.26 bits per heavy atom. The molecule has 3 atom stereocenters. The maximum atomic E-state index is 12.1. The third-order valence-corrected chi connectivity index (χ3v) is 4.64. The number of piperidine rings is 1. The number of ether oxygens (including phenoxy) is 1. The van der Waals surface area contributed by atoms with Gasteiger partial charge >= 0.3 is 0 Å². The Morgan fingerprint density at radius 3 is 2.96 bits per heavy atom. The van der Waals surface area contributed by atoms with Crippen molar-refractivity contribution in [1.29, 1.82) is 0 Å². The third kappa shape index (κ3) is 5.22. The van der Waals surface area contributed by atoms with Gasteiger partial charge in [-0.1, -0.05) is 25.1 Å². The van der Waals surface area contributed by atoms with Gasteiger partial charge < -0.3 is 20.5 Å². The van der Waals surface area contributed by atoms with Gasteiger partial charge in [0.15, 0.2) is 0 Å². The predicted octanol–water partition coefficient (Wildman–Crippen LogP) is 1.87. The molecule has 1 aromatic carbocycles. The van der Waals surface area contributed by atoms with Crippen molar-refractivity contribution < 1.29 is 14.6 Å². The fourth-order valence-electron chi connectivity index (χ4n) is 3.16. The van der Waals surface area contributed by atoms with E-state index in [0.717, 1.165) is 13.1 Å². The SMILES string of the molecule is COc1ccccc1C(O)CNC(=O)CC(C)C1CCCNC1. The molecule has 0 bridgehead atoms. The molecule has 0 spiro atoms. The topological polar surface area (TPSA) is 70.6 Å². The number of nitrogens with one attached hydrogen (secondary N) is 2. The van der Waals surface area contributed by atoms with Gasteiger partial charge in [-0.25, -0.2) is 0 Å². The van der Waals surface area contributed by atoms with E-state index in [4.69, 9.17) is 4.74 Å². The van der Waals surface area contributed by atoms with Crippen LogP contribution >= 0.6 is 0 Å². The summed E-state index contributed by atoms with van der Waals surface area (Å²) in [6.45, 7) is 4.42. The molecule has 5 heteroatoms. The van der Waals surface area contributed by atoms with Crippen LogP contribution in [0.1, 0.15) is 37.9 Å². The van der Waals surface area contributed by atoms with Gasteiger partial charge in [0.1, 0.15) is 5.75 Å². The maximum Gasteiger partial charge on any atom is 0.220 e. The van der Waals surface area contributed by atoms with E-state index >= 15 is 0 Å². The summed E-state index contributed by atoms with van der Waals surface area (Å²) in [5, 5.41) is 16.5. The quantitative estimate of drug-likeness (QED) is 0.717. The molecule has 2 rings (SSSR count). The molecule has 1 aliphatic heterocycles. The predicted molar refractivity (Wildman–Crippen MR) is 90.3 cm³/mol. The van der Waals surface area contributed by atoms with Crippen LogP contribution in [0.3, 0.4) is 0 Å². The van der Waals surface area contributed by atoms with Crippen LogP contribution in [0.5, 0.6) is 5.75 Å². The number of carbonyl (C=O) groups is 1. The molecule has 1 aliphatic rings. The van der Waals surface area contributed by atoms with E-state index < -0.39 is 6.10 Å². The minimum atomic E-state index is -0.762. The molecule has 128 valence electrons. The molecule has 1 amide bonds. The molecule has 0 aliphatic carbocycles. The lowest BCUT2D eigenvalue weighted by molar-refractivity contribution is -0.122. The highest BCUT2D eigenvalue weighted by atomic mass is 16.5. The molecule has 1 saturated heterocycles. The molecule has 5 nitrogen and oxygen atoms in total. The molecule has 1 fully saturated rings. The Labute approximate surface area is 138 Å². The molecule has 1 heterocycles. The lowest BCUT2D eigenvalue weighted by atomic mass is 9.85. The van der Waals surface area contributed by atoms with Gasteiger partial charge in [0.05, 0.1) is 13.2 Å². The molecule has 1 aromatic rings. The first-order chi connectivity index (χ1) is 11.1. The van der Waals surface area contributed by atoms with E-state index in [1.165, 1.54) is 12.8 Å². The normalized spacial score (nSPS) is 20.6. The Balaban J connectivity index is 1.79. The number of aliphatic hydroxyl groups excluding tert-OH is 1. The summed E-state index contributed by atoms with van der Waals surface area (Å²) >= 11 is 0. The molecule has 23 heavy (non-hydrogen) atoms. The van der Waals surface area contributed by atoms with Crippen LogP contribution in [0.15, 0.2) is 24.3 Å². The molecule has 0 radical (unpaired) electrons. The summed E-state index contributed by atoms with van der Waals surface area (Å²) in [7, 11) is 1.57. The number of hydrogen-bond donors (Lipinski definition) is 3. The Hall–Kier alpha value is -1.59. The zero-order valence-electron chi connectivity index (χ0n) is 14.0. The van der Waals surface area contributed by atoms with Crippen LogP contribution in [0.25, 0.3) is 0 Å². The van der Waals surface area contributed by atoms with Crippen LogP contribution in [0.2, 0.25) is 0 Å². The maximum absolute atomic E-state index is 12.1. The van der Waals surface area contributed by atoms with E-state index in [-0.39, 0.29) is 12.5 Å². The number of rotatable bonds is 7. The summed E-state index contributed by atoms with van der Waals surface area (Å²) in [5.74, 6) is 1.55. The van der Waals surface area contributed by atoms with Crippen molar-refractivity contribution >= 4 is 5.91 Å². The number of aliphatic hydroxyl groups is 1. The van der Waals surface area contributed by atoms with Crippen LogP contribution in [-0.2, 0) is 4.79 Å². The van der Waals surface area contributed by atoms with Crippen molar-refractivity contribution in [1.82, 2.24) is 10.6 Å². The molecule has 0 aromatic heterocycles. The fourth-order valence-corrected chi connectivity index (χ4v) is 3.16. The first-order valence-corrected chi connectivity index (χ1v) is 8.40. The Bertz CT molecular complexity index is 501. The number of hydrogen-bond acceptors (Lipinski definition) is 4. The monoisotopic (exact) mass is 320 g/mol. The highest BCUT2D eigenvalue weighted by Gasteiger charge is 2.22. The second-order valence-electron chi connectivity index (χ2n) is 6.35. The molecule has 0 saturated carbocycles. The van der Waals surface area contributed by atoms with Crippen molar-refractivity contribution in [2.24, 2.45) is 11.8 Å². The average molecular weight is 320 g/mol. The van der Waals surface area contributed by atoms with Crippen molar-refractivity contribution in [2.45, 2.75) is 32.3 Å². The van der Waals surface area contributed by atoms with E-state index in [9.17, 15) is 9.90 Å². The summed E-state index contributed by atoms with van der Waals surface area (Å²) in [6, 6.07) is 7.32. The number of methoxy groups -OCH3 is 1. The standard InChI is InChI=1S/C18H28N2O3/c1-13(14-6-5-9-19-11-14)10-18(22)20-12-16(21)15-7-3-4-8-17(15)23-2/h3-4,7-8,13-14,16,19,21H,5-6,9-12H2,1-2H3,(H,20,22). The Morgan fingerprint density at radius 1 is 1.48 bits per heavy atom. The van der Waals surface area contributed by atoms with Crippen LogP contribution in [0.4, 0.5) is 0 Å². The molecular formula is C18H28N2O3. The van der Waals surface area contributed by atoms with Gasteiger partial charge in [-0.05, 0) is 43.8 Å². The molecular weight excluding hydrogens is 292 g/mol. The van der Waals surface area contributed by atoms with Gasteiger partial charge in [0.2, 0.25) is 5.91 Å². The number of amides is 1. The fraction of sp³-hybridized carbons (Fsp3) is 0.611. The van der Waals surface area contributed by atoms with Gasteiger partial charge in [0.25, 0.3) is 0 Å². The second kappa shape index (κ2) is 8.89. The number of para-hydroxylation sites is 1. The lowest BCUT2D eigenvalue weighted by Crippen LogP contribution is -2.36. The minimum Gasteiger partial charge on any atom is -0.496 e. The summed E-state index contributed by atoms with van der Waals surface area (Å²) in [6.07, 6.45) is 2.11. The zero-order valence-corrected chi connectivity index (χ0v) is 14.0. The van der Waals surface area contributed by atoms with Crippen LogP contribution < -0.4 is 15.4 Å². The van der Waals surface area contributed by atoms with Crippen molar-refractivity contribution in [3.8, 4) is 5.75 Å². The molecule has 3 N–H and O–H groups in total. The van der Waals surface area contributed by atoms with Gasteiger partial charge in [-0.2, -0.15) is 0 Å². The van der Waals surface area contributed by atoms with Crippen molar-refractivity contribution in [3.63, 3.8) is 0 Å². The second-order valence-corrected chi connectivity index (χ2v) is 6.35. The van der Waals surface area contributed by atoms with E-state index in [1.807, 2.05) is 18.2 Å². The summed E-state index contributed by atoms with van der Waals surface area (Å²) < 4.78 is 5.24. The summed E-state index contributed by atoms with van der Waals surface area (Å²) in [4.78, 5) is 12.1. The molecule has 3 unspecified atom stereocenters. The number of carbonyl (C=O) groups excluding carboxylic acids is 1. The minimum absolute atomic E-state index is 0.00276. The first-order valence-electron chi connectivity index (χ1n) is 8.40. The lowest BCUT2D eigenvalue weighted by Gasteiger charge is -2.28. The van der Waals surface area contributed by atoms with E-state index in [1.54, 1.807) is 13.2 Å². The van der Waals surface area contributed by atoms with E-state index in [2.05, 4.69) is 17.6 Å². The van der Waals surface area contributed by atoms with Crippen LogP contribution in [0, 0.1) is 11.8 Å². The average Bonchev–Trinajstić information content (AvgIpc) is 2.60. The van der Waals surface area contributed by atoms with Gasteiger partial charge in [-0.3, -0.25) is 4.79 Å². The van der Waals surface area contributed by atoms with Crippen molar-refractivity contribution in [2.75, 3.05) is 26.7 Å². The Kier molecular flexibility index (Phi) is 6.86. The zero-order chi connectivity index (χ0) is 16.7. The third-order valence-electron chi connectivity index (χ3n) is 4.64. The number of benzene rings is 1. The first kappa shape index (κ1) is 17.8.